The maximum absolute atomic E-state index is 11.8. The Kier molecular flexibility index (Phi) is 4.22. The average Bonchev–Trinajstić information content (AvgIpc) is 2.18. The smallest absolute Gasteiger partial charge is 0.223 e. The molecule has 0 aromatic heterocycles. The van der Waals surface area contributed by atoms with E-state index in [1.165, 1.54) is 19.4 Å². The molecule has 1 saturated carbocycles. The van der Waals surface area contributed by atoms with Crippen LogP contribution in [0.1, 0.15) is 45.4 Å². The molecule has 0 atom stereocenters. The monoisotopic (exact) mass is 224 g/mol. The molecule has 0 radical (unpaired) electrons. The number of nitrogens with zero attached hydrogens (tertiary/aromatic N) is 1. The van der Waals surface area contributed by atoms with E-state index in [4.69, 9.17) is 0 Å². The van der Waals surface area contributed by atoms with Gasteiger partial charge in [-0.1, -0.05) is 13.3 Å². The second-order valence-electron chi connectivity index (χ2n) is 5.25. The summed E-state index contributed by atoms with van der Waals surface area (Å²) < 4.78 is 0. The SMILES string of the molecule is CCCN1CCC(NC(=O)C2CCC2)CC1. The van der Waals surface area contributed by atoms with Crippen LogP contribution in [-0.2, 0) is 4.79 Å². The van der Waals surface area contributed by atoms with Gasteiger partial charge in [0.25, 0.3) is 0 Å². The molecule has 1 aliphatic heterocycles. The quantitative estimate of drug-likeness (QED) is 0.789. The number of amides is 1. The zero-order valence-corrected chi connectivity index (χ0v) is 10.4. The Morgan fingerprint density at radius 1 is 1.25 bits per heavy atom. The Morgan fingerprint density at radius 3 is 2.44 bits per heavy atom. The topological polar surface area (TPSA) is 32.3 Å². The molecule has 1 amide bonds. The van der Waals surface area contributed by atoms with Gasteiger partial charge in [0, 0.05) is 25.0 Å². The predicted octanol–water partition coefficient (Wildman–Crippen LogP) is 1.78. The van der Waals surface area contributed by atoms with Crippen molar-refractivity contribution in [3.8, 4) is 0 Å². The van der Waals surface area contributed by atoms with Gasteiger partial charge in [-0.25, -0.2) is 0 Å². The summed E-state index contributed by atoms with van der Waals surface area (Å²) in [6.45, 7) is 5.75. The lowest BCUT2D eigenvalue weighted by Crippen LogP contribution is -2.47. The van der Waals surface area contributed by atoms with E-state index in [9.17, 15) is 4.79 Å². The summed E-state index contributed by atoms with van der Waals surface area (Å²) in [7, 11) is 0. The van der Waals surface area contributed by atoms with Gasteiger partial charge in [-0.15, -0.1) is 0 Å². The molecule has 1 N–H and O–H groups in total. The number of piperidine rings is 1. The number of carbonyl (C=O) groups excluding carboxylic acids is 1. The van der Waals surface area contributed by atoms with Crippen LogP contribution in [0.15, 0.2) is 0 Å². The highest BCUT2D eigenvalue weighted by Crippen LogP contribution is 2.26. The third-order valence-electron chi connectivity index (χ3n) is 3.95. The molecule has 3 heteroatoms. The zero-order chi connectivity index (χ0) is 11.4. The molecule has 2 aliphatic rings. The molecule has 2 fully saturated rings. The first-order chi connectivity index (χ1) is 7.79. The fraction of sp³-hybridized carbons (Fsp3) is 0.923. The third kappa shape index (κ3) is 2.97. The number of carbonyl (C=O) groups is 1. The predicted molar refractivity (Wildman–Crippen MR) is 65.2 cm³/mol. The first-order valence-corrected chi connectivity index (χ1v) is 6.82. The van der Waals surface area contributed by atoms with Gasteiger partial charge in [0.05, 0.1) is 0 Å². The van der Waals surface area contributed by atoms with Crippen molar-refractivity contribution in [2.75, 3.05) is 19.6 Å². The van der Waals surface area contributed by atoms with Gasteiger partial charge in [0.15, 0.2) is 0 Å². The van der Waals surface area contributed by atoms with Crippen molar-refractivity contribution in [1.82, 2.24) is 10.2 Å². The van der Waals surface area contributed by atoms with Gasteiger partial charge in [-0.05, 0) is 38.6 Å². The molecule has 0 bridgehead atoms. The molecule has 16 heavy (non-hydrogen) atoms. The molecule has 0 unspecified atom stereocenters. The maximum atomic E-state index is 11.8. The van der Waals surface area contributed by atoms with E-state index < -0.39 is 0 Å². The van der Waals surface area contributed by atoms with Gasteiger partial charge in [-0.2, -0.15) is 0 Å². The second-order valence-corrected chi connectivity index (χ2v) is 5.25. The lowest BCUT2D eigenvalue weighted by Gasteiger charge is -2.34. The van der Waals surface area contributed by atoms with Crippen LogP contribution >= 0.6 is 0 Å². The van der Waals surface area contributed by atoms with Crippen LogP contribution in [-0.4, -0.2) is 36.5 Å². The fourth-order valence-corrected chi connectivity index (χ4v) is 2.61. The van der Waals surface area contributed by atoms with Crippen LogP contribution in [0.2, 0.25) is 0 Å². The zero-order valence-electron chi connectivity index (χ0n) is 10.4. The van der Waals surface area contributed by atoms with E-state index in [1.54, 1.807) is 0 Å². The van der Waals surface area contributed by atoms with Gasteiger partial charge in [0.1, 0.15) is 0 Å². The molecule has 92 valence electrons. The number of hydrogen-bond donors (Lipinski definition) is 1. The van der Waals surface area contributed by atoms with Crippen molar-refractivity contribution >= 4 is 5.91 Å². The molecule has 2 rings (SSSR count). The van der Waals surface area contributed by atoms with Gasteiger partial charge in [0.2, 0.25) is 5.91 Å². The minimum atomic E-state index is 0.320. The Bertz CT molecular complexity index is 230. The lowest BCUT2D eigenvalue weighted by atomic mass is 9.84. The maximum Gasteiger partial charge on any atom is 0.223 e. The highest BCUT2D eigenvalue weighted by Gasteiger charge is 2.28. The van der Waals surface area contributed by atoms with Crippen molar-refractivity contribution in [1.29, 1.82) is 0 Å². The van der Waals surface area contributed by atoms with Crippen molar-refractivity contribution in [3.05, 3.63) is 0 Å². The molecule has 1 aliphatic carbocycles. The average molecular weight is 224 g/mol. The summed E-state index contributed by atoms with van der Waals surface area (Å²) >= 11 is 0. The Hall–Kier alpha value is -0.570. The molecular formula is C13H24N2O. The van der Waals surface area contributed by atoms with Gasteiger partial charge >= 0.3 is 0 Å². The van der Waals surface area contributed by atoms with Crippen LogP contribution in [0.3, 0.4) is 0 Å². The van der Waals surface area contributed by atoms with Gasteiger partial charge < -0.3 is 10.2 Å². The number of nitrogens with one attached hydrogen (secondary N) is 1. The van der Waals surface area contributed by atoms with E-state index in [0.717, 1.165) is 38.8 Å². The van der Waals surface area contributed by atoms with E-state index >= 15 is 0 Å². The summed E-state index contributed by atoms with van der Waals surface area (Å²) in [4.78, 5) is 14.3. The van der Waals surface area contributed by atoms with E-state index in [2.05, 4.69) is 17.1 Å². The van der Waals surface area contributed by atoms with E-state index in [1.807, 2.05) is 0 Å². The minimum Gasteiger partial charge on any atom is -0.353 e. The summed E-state index contributed by atoms with van der Waals surface area (Å²) in [6.07, 6.45) is 6.98. The summed E-state index contributed by atoms with van der Waals surface area (Å²) in [6, 6.07) is 0.446. The first-order valence-electron chi connectivity index (χ1n) is 6.82. The van der Waals surface area contributed by atoms with Crippen LogP contribution in [0.4, 0.5) is 0 Å². The van der Waals surface area contributed by atoms with Crippen LogP contribution in [0.25, 0.3) is 0 Å². The molecule has 0 spiro atoms. The second kappa shape index (κ2) is 5.67. The number of likely N-dealkylation sites (tertiary alicyclic amines) is 1. The summed E-state index contributed by atoms with van der Waals surface area (Å²) in [5.41, 5.74) is 0. The largest absolute Gasteiger partial charge is 0.353 e. The van der Waals surface area contributed by atoms with E-state index in [-0.39, 0.29) is 0 Å². The Labute approximate surface area is 98.6 Å². The number of hydrogen-bond acceptors (Lipinski definition) is 2. The fourth-order valence-electron chi connectivity index (χ4n) is 2.61. The third-order valence-corrected chi connectivity index (χ3v) is 3.95. The molecule has 3 nitrogen and oxygen atoms in total. The minimum absolute atomic E-state index is 0.320. The molecule has 1 heterocycles. The van der Waals surface area contributed by atoms with Crippen LogP contribution < -0.4 is 5.32 Å². The first kappa shape index (κ1) is 11.9. The molecular weight excluding hydrogens is 200 g/mol. The van der Waals surface area contributed by atoms with Crippen molar-refractivity contribution in [2.24, 2.45) is 5.92 Å². The normalized spacial score (nSPS) is 24.1. The molecule has 1 saturated heterocycles. The van der Waals surface area contributed by atoms with Gasteiger partial charge in [-0.3, -0.25) is 4.79 Å². The lowest BCUT2D eigenvalue weighted by molar-refractivity contribution is -0.128. The van der Waals surface area contributed by atoms with Crippen LogP contribution in [0.5, 0.6) is 0 Å². The van der Waals surface area contributed by atoms with Crippen LogP contribution in [0, 0.1) is 5.92 Å². The summed E-state index contributed by atoms with van der Waals surface area (Å²) in [5, 5.41) is 3.22. The molecule has 0 aromatic rings. The Morgan fingerprint density at radius 2 is 1.94 bits per heavy atom. The standard InChI is InChI=1S/C13H24N2O/c1-2-8-15-9-6-12(7-10-15)14-13(16)11-4-3-5-11/h11-12H,2-10H2,1H3,(H,14,16). The van der Waals surface area contributed by atoms with Crippen molar-refractivity contribution in [3.63, 3.8) is 0 Å². The van der Waals surface area contributed by atoms with E-state index in [0.29, 0.717) is 17.9 Å². The Balaban J connectivity index is 1.66. The molecule has 0 aromatic carbocycles. The summed E-state index contributed by atoms with van der Waals surface area (Å²) in [5.74, 6) is 0.661. The number of rotatable bonds is 4. The van der Waals surface area contributed by atoms with Crippen molar-refractivity contribution < 1.29 is 4.79 Å². The van der Waals surface area contributed by atoms with Crippen molar-refractivity contribution in [2.45, 2.75) is 51.5 Å². The highest BCUT2D eigenvalue weighted by molar-refractivity contribution is 5.79. The highest BCUT2D eigenvalue weighted by atomic mass is 16.2.